The largest absolute Gasteiger partial charge is 0.314 e. The molecule has 1 aliphatic rings. The highest BCUT2D eigenvalue weighted by Gasteiger charge is 2.19. The first-order valence-electron chi connectivity index (χ1n) is 5.33. The fourth-order valence-electron chi connectivity index (χ4n) is 1.55. The minimum Gasteiger partial charge on any atom is -0.314 e. The van der Waals surface area contributed by atoms with Crippen LogP contribution in [0.1, 0.15) is 18.4 Å². The molecule has 0 unspecified atom stereocenters. The molecule has 0 amide bonds. The normalized spacial score (nSPS) is 15.1. The summed E-state index contributed by atoms with van der Waals surface area (Å²) in [5.41, 5.74) is 1.00. The van der Waals surface area contributed by atoms with Crippen molar-refractivity contribution >= 4 is 17.3 Å². The molecule has 4 nitrogen and oxygen atoms in total. The van der Waals surface area contributed by atoms with Crippen molar-refractivity contribution in [3.8, 4) is 0 Å². The van der Waals surface area contributed by atoms with Crippen LogP contribution in [0.4, 0.5) is 5.69 Å². The maximum Gasteiger partial charge on any atom is 0.270 e. The molecule has 1 fully saturated rings. The van der Waals surface area contributed by atoms with E-state index in [9.17, 15) is 10.1 Å². The van der Waals surface area contributed by atoms with Crippen LogP contribution >= 0.6 is 11.6 Å². The Morgan fingerprint density at radius 2 is 2.25 bits per heavy atom. The van der Waals surface area contributed by atoms with Gasteiger partial charge in [0, 0.05) is 18.2 Å². The first kappa shape index (κ1) is 11.4. The predicted octanol–water partition coefficient (Wildman–Crippen LogP) is 2.54. The maximum absolute atomic E-state index is 10.5. The topological polar surface area (TPSA) is 55.2 Å². The van der Waals surface area contributed by atoms with Gasteiger partial charge in [-0.3, -0.25) is 10.1 Å². The highest BCUT2D eigenvalue weighted by atomic mass is 35.5. The number of hydrogen-bond donors (Lipinski definition) is 1. The van der Waals surface area contributed by atoms with Crippen molar-refractivity contribution in [2.24, 2.45) is 0 Å². The third-order valence-corrected chi connectivity index (χ3v) is 3.00. The molecule has 2 rings (SSSR count). The molecule has 16 heavy (non-hydrogen) atoms. The van der Waals surface area contributed by atoms with E-state index in [4.69, 9.17) is 11.6 Å². The lowest BCUT2D eigenvalue weighted by atomic mass is 10.1. The van der Waals surface area contributed by atoms with Crippen LogP contribution in [0.2, 0.25) is 5.02 Å². The number of nitro benzene ring substituents is 1. The Balaban J connectivity index is 1.95. The zero-order chi connectivity index (χ0) is 11.5. The van der Waals surface area contributed by atoms with Crippen LogP contribution in [0.15, 0.2) is 18.2 Å². The number of rotatable bonds is 5. The van der Waals surface area contributed by atoms with E-state index >= 15 is 0 Å². The number of halogens is 1. The molecule has 0 aliphatic heterocycles. The summed E-state index contributed by atoms with van der Waals surface area (Å²) in [6, 6.07) is 5.32. The van der Waals surface area contributed by atoms with Crippen LogP contribution in [0.25, 0.3) is 0 Å². The Morgan fingerprint density at radius 3 is 2.81 bits per heavy atom. The lowest BCUT2D eigenvalue weighted by molar-refractivity contribution is -0.384. The summed E-state index contributed by atoms with van der Waals surface area (Å²) in [6.07, 6.45) is 3.33. The average molecular weight is 241 g/mol. The van der Waals surface area contributed by atoms with Gasteiger partial charge in [0.2, 0.25) is 0 Å². The summed E-state index contributed by atoms with van der Waals surface area (Å²) in [7, 11) is 0. The molecular weight excluding hydrogens is 228 g/mol. The van der Waals surface area contributed by atoms with Crippen molar-refractivity contribution in [1.29, 1.82) is 0 Å². The molecule has 1 aliphatic carbocycles. The summed E-state index contributed by atoms with van der Waals surface area (Å²) >= 11 is 5.97. The second-order valence-electron chi connectivity index (χ2n) is 4.01. The molecule has 0 spiro atoms. The number of nitrogens with zero attached hydrogens (tertiary/aromatic N) is 1. The Kier molecular flexibility index (Phi) is 3.41. The molecule has 0 aromatic heterocycles. The molecule has 0 atom stereocenters. The summed E-state index contributed by atoms with van der Waals surface area (Å²) in [5.74, 6) is 0. The quantitative estimate of drug-likeness (QED) is 0.636. The molecule has 1 N–H and O–H groups in total. The number of hydrogen-bond acceptors (Lipinski definition) is 3. The van der Waals surface area contributed by atoms with E-state index < -0.39 is 4.92 Å². The second kappa shape index (κ2) is 4.80. The first-order valence-corrected chi connectivity index (χ1v) is 5.71. The molecule has 1 aromatic carbocycles. The molecule has 0 saturated heterocycles. The zero-order valence-electron chi connectivity index (χ0n) is 8.78. The van der Waals surface area contributed by atoms with E-state index in [0.29, 0.717) is 11.1 Å². The number of non-ortho nitro benzene ring substituents is 1. The Bertz CT molecular complexity index is 405. The van der Waals surface area contributed by atoms with Crippen molar-refractivity contribution in [3.05, 3.63) is 38.9 Å². The summed E-state index contributed by atoms with van der Waals surface area (Å²) in [5, 5.41) is 14.4. The molecule has 5 heteroatoms. The van der Waals surface area contributed by atoms with Gasteiger partial charge in [-0.2, -0.15) is 0 Å². The van der Waals surface area contributed by atoms with Crippen LogP contribution in [0.3, 0.4) is 0 Å². The van der Waals surface area contributed by atoms with Crippen molar-refractivity contribution in [3.63, 3.8) is 0 Å². The van der Waals surface area contributed by atoms with Gasteiger partial charge in [0.25, 0.3) is 5.69 Å². The maximum atomic E-state index is 10.5. The zero-order valence-corrected chi connectivity index (χ0v) is 9.54. The SMILES string of the molecule is O=[N+]([O-])c1ccc(CCNC2CC2)c(Cl)c1. The van der Waals surface area contributed by atoms with Gasteiger partial charge in [0.1, 0.15) is 0 Å². The van der Waals surface area contributed by atoms with Crippen molar-refractivity contribution in [2.75, 3.05) is 6.54 Å². The van der Waals surface area contributed by atoms with Gasteiger partial charge >= 0.3 is 0 Å². The standard InChI is InChI=1S/C11H13ClN2O2/c12-11-7-10(14(15)16)4-1-8(11)5-6-13-9-2-3-9/h1,4,7,9,13H,2-3,5-6H2. The average Bonchev–Trinajstić information content (AvgIpc) is 3.04. The van der Waals surface area contributed by atoms with Gasteiger partial charge in [-0.05, 0) is 31.4 Å². The summed E-state index contributed by atoms with van der Waals surface area (Å²) in [6.45, 7) is 0.877. The molecule has 0 bridgehead atoms. The van der Waals surface area contributed by atoms with E-state index in [2.05, 4.69) is 5.32 Å². The van der Waals surface area contributed by atoms with Gasteiger partial charge in [0.15, 0.2) is 0 Å². The van der Waals surface area contributed by atoms with E-state index in [-0.39, 0.29) is 5.69 Å². The lowest BCUT2D eigenvalue weighted by Crippen LogP contribution is -2.19. The Morgan fingerprint density at radius 1 is 1.50 bits per heavy atom. The van der Waals surface area contributed by atoms with E-state index in [1.807, 2.05) is 0 Å². The monoisotopic (exact) mass is 240 g/mol. The third-order valence-electron chi connectivity index (χ3n) is 2.65. The lowest BCUT2D eigenvalue weighted by Gasteiger charge is -2.05. The smallest absolute Gasteiger partial charge is 0.270 e. The summed E-state index contributed by atoms with van der Waals surface area (Å²) in [4.78, 5) is 10.1. The van der Waals surface area contributed by atoms with E-state index in [1.165, 1.54) is 25.0 Å². The van der Waals surface area contributed by atoms with Crippen LogP contribution in [-0.4, -0.2) is 17.5 Å². The predicted molar refractivity (Wildman–Crippen MR) is 62.8 cm³/mol. The van der Waals surface area contributed by atoms with Gasteiger partial charge in [0.05, 0.1) is 9.95 Å². The van der Waals surface area contributed by atoms with Crippen LogP contribution in [0, 0.1) is 10.1 Å². The van der Waals surface area contributed by atoms with Gasteiger partial charge < -0.3 is 5.32 Å². The third kappa shape index (κ3) is 2.93. The molecule has 0 radical (unpaired) electrons. The highest BCUT2D eigenvalue weighted by Crippen LogP contribution is 2.23. The van der Waals surface area contributed by atoms with Crippen LogP contribution in [0.5, 0.6) is 0 Å². The van der Waals surface area contributed by atoms with Crippen LogP contribution in [-0.2, 0) is 6.42 Å². The van der Waals surface area contributed by atoms with Crippen LogP contribution < -0.4 is 5.32 Å². The van der Waals surface area contributed by atoms with E-state index in [1.54, 1.807) is 6.07 Å². The summed E-state index contributed by atoms with van der Waals surface area (Å²) < 4.78 is 0. The van der Waals surface area contributed by atoms with Crippen molar-refractivity contribution in [1.82, 2.24) is 5.32 Å². The molecule has 0 heterocycles. The fourth-order valence-corrected chi connectivity index (χ4v) is 1.82. The Hall–Kier alpha value is -1.13. The number of nitrogens with one attached hydrogen (secondary N) is 1. The minimum atomic E-state index is -0.432. The van der Waals surface area contributed by atoms with E-state index in [0.717, 1.165) is 18.5 Å². The fraction of sp³-hybridized carbons (Fsp3) is 0.455. The second-order valence-corrected chi connectivity index (χ2v) is 4.42. The van der Waals surface area contributed by atoms with Gasteiger partial charge in [-0.25, -0.2) is 0 Å². The number of benzene rings is 1. The Labute approximate surface area is 98.8 Å². The van der Waals surface area contributed by atoms with Crippen molar-refractivity contribution < 1.29 is 4.92 Å². The van der Waals surface area contributed by atoms with Gasteiger partial charge in [-0.1, -0.05) is 17.7 Å². The molecular formula is C11H13ClN2O2. The highest BCUT2D eigenvalue weighted by molar-refractivity contribution is 6.31. The molecule has 1 aromatic rings. The minimum absolute atomic E-state index is 0.0453. The van der Waals surface area contributed by atoms with Crippen molar-refractivity contribution in [2.45, 2.75) is 25.3 Å². The first-order chi connectivity index (χ1) is 7.66. The van der Waals surface area contributed by atoms with Gasteiger partial charge in [-0.15, -0.1) is 0 Å². The molecule has 86 valence electrons. The number of nitro groups is 1. The molecule has 1 saturated carbocycles.